The van der Waals surface area contributed by atoms with Crippen molar-refractivity contribution >= 4 is 31.7 Å². The maximum Gasteiger partial charge on any atom is 0.274 e. The summed E-state index contributed by atoms with van der Waals surface area (Å²) in [6.07, 6.45) is 0. The molecule has 0 bridgehead atoms. The number of aryl methyl sites for hydroxylation is 1. The number of rotatable bonds is 1. The van der Waals surface area contributed by atoms with Crippen LogP contribution in [0.3, 0.4) is 0 Å². The Morgan fingerprint density at radius 1 is 1.28 bits per heavy atom. The minimum Gasteiger partial charge on any atom is -0.378 e. The molecule has 1 fully saturated rings. The van der Waals surface area contributed by atoms with Crippen LogP contribution < -0.4 is 0 Å². The van der Waals surface area contributed by atoms with Crippen LogP contribution in [0.2, 0.25) is 0 Å². The maximum absolute atomic E-state index is 12.9. The molecular weight excluding hydrogens is 410 g/mol. The molecule has 1 saturated heterocycles. The fraction of sp³-hybridized carbons (Fsp3) is 0.375. The maximum atomic E-state index is 12.9. The first-order chi connectivity index (χ1) is 11.9. The highest BCUT2D eigenvalue weighted by atomic mass is 79.9. The van der Waals surface area contributed by atoms with Crippen LogP contribution in [-0.2, 0) is 27.4 Å². The van der Waals surface area contributed by atoms with Gasteiger partial charge in [0.15, 0.2) is 15.5 Å². The number of hydrogen-bond acceptors (Lipinski definition) is 5. The first kappa shape index (κ1) is 16.7. The minimum absolute atomic E-state index is 0.216. The van der Waals surface area contributed by atoms with E-state index in [1.807, 2.05) is 0 Å². The number of halogens is 1. The summed E-state index contributed by atoms with van der Waals surface area (Å²) >= 11 is 3.33. The molecule has 3 heterocycles. The third kappa shape index (κ3) is 2.61. The minimum atomic E-state index is -3.56. The van der Waals surface area contributed by atoms with E-state index in [0.29, 0.717) is 47.6 Å². The van der Waals surface area contributed by atoms with Gasteiger partial charge in [-0.15, -0.1) is 0 Å². The van der Waals surface area contributed by atoms with Gasteiger partial charge in [0.1, 0.15) is 0 Å². The second-order valence-electron chi connectivity index (χ2n) is 6.08. The number of carbonyl (C=O) groups excluding carboxylic acids is 1. The average molecular weight is 426 g/mol. The third-order valence-corrected chi connectivity index (χ3v) is 7.17. The molecule has 1 amide bonds. The Kier molecular flexibility index (Phi) is 3.97. The molecule has 0 saturated carbocycles. The number of hydrogen-bond donors (Lipinski definition) is 0. The Hall–Kier alpha value is -1.71. The Morgan fingerprint density at radius 2 is 2.00 bits per heavy atom. The summed E-state index contributed by atoms with van der Waals surface area (Å²) in [5, 5.41) is 4.37. The fourth-order valence-corrected chi connectivity index (χ4v) is 6.17. The molecule has 0 radical (unpaired) electrons. The quantitative estimate of drug-likeness (QED) is 0.692. The average Bonchev–Trinajstić information content (AvgIpc) is 2.90. The number of ether oxygens (including phenoxy) is 1. The monoisotopic (exact) mass is 425 g/mol. The van der Waals surface area contributed by atoms with Crippen LogP contribution in [0.15, 0.2) is 27.6 Å². The van der Waals surface area contributed by atoms with Crippen LogP contribution in [-0.4, -0.2) is 55.3 Å². The molecular formula is C16H16BrN3O4S. The van der Waals surface area contributed by atoms with Crippen LogP contribution in [0.25, 0.3) is 11.3 Å². The van der Waals surface area contributed by atoms with Crippen LogP contribution >= 0.6 is 15.9 Å². The molecule has 2 aliphatic rings. The zero-order chi connectivity index (χ0) is 17.8. The van der Waals surface area contributed by atoms with E-state index in [0.717, 1.165) is 0 Å². The SMILES string of the molecule is Cn1nc(C(=O)N2CCOCC2)c2c1-c1cccc(Br)c1S(=O)(=O)C2. The molecule has 0 aliphatic carbocycles. The number of carbonyl (C=O) groups is 1. The molecule has 132 valence electrons. The molecule has 0 unspecified atom stereocenters. The van der Waals surface area contributed by atoms with Gasteiger partial charge in [0.05, 0.1) is 29.6 Å². The molecule has 25 heavy (non-hydrogen) atoms. The Bertz CT molecular complexity index is 978. The molecule has 1 aromatic heterocycles. The molecule has 9 heteroatoms. The van der Waals surface area contributed by atoms with E-state index in [-0.39, 0.29) is 22.2 Å². The lowest BCUT2D eigenvalue weighted by atomic mass is 10.1. The van der Waals surface area contributed by atoms with Gasteiger partial charge in [-0.2, -0.15) is 5.10 Å². The highest BCUT2D eigenvalue weighted by Crippen LogP contribution is 2.42. The number of benzene rings is 1. The van der Waals surface area contributed by atoms with Crippen LogP contribution in [0.1, 0.15) is 16.1 Å². The summed E-state index contributed by atoms with van der Waals surface area (Å²) < 4.78 is 33.0. The van der Waals surface area contributed by atoms with Crippen molar-refractivity contribution in [1.29, 1.82) is 0 Å². The van der Waals surface area contributed by atoms with Gasteiger partial charge in [-0.3, -0.25) is 9.48 Å². The van der Waals surface area contributed by atoms with E-state index in [1.165, 1.54) is 0 Å². The van der Waals surface area contributed by atoms with Gasteiger partial charge < -0.3 is 9.64 Å². The molecule has 0 spiro atoms. The summed E-state index contributed by atoms with van der Waals surface area (Å²) in [4.78, 5) is 14.8. The van der Waals surface area contributed by atoms with Gasteiger partial charge in [0.2, 0.25) is 0 Å². The number of fused-ring (bicyclic) bond motifs is 3. The van der Waals surface area contributed by atoms with E-state index >= 15 is 0 Å². The zero-order valence-corrected chi connectivity index (χ0v) is 15.9. The first-order valence-corrected chi connectivity index (χ1v) is 10.3. The molecule has 0 N–H and O–H groups in total. The van der Waals surface area contributed by atoms with Crippen molar-refractivity contribution in [2.45, 2.75) is 10.6 Å². The van der Waals surface area contributed by atoms with E-state index < -0.39 is 9.84 Å². The number of amides is 1. The fourth-order valence-electron chi connectivity index (χ4n) is 3.40. The molecule has 0 atom stereocenters. The van der Waals surface area contributed by atoms with Crippen molar-refractivity contribution in [3.05, 3.63) is 33.9 Å². The largest absolute Gasteiger partial charge is 0.378 e. The van der Waals surface area contributed by atoms with Gasteiger partial charge in [0, 0.05) is 35.7 Å². The third-order valence-electron chi connectivity index (χ3n) is 4.51. The molecule has 1 aromatic carbocycles. The van der Waals surface area contributed by atoms with Crippen LogP contribution in [0, 0.1) is 0 Å². The second-order valence-corrected chi connectivity index (χ2v) is 8.86. The van der Waals surface area contributed by atoms with Crippen molar-refractivity contribution in [2.24, 2.45) is 7.05 Å². The normalized spacial score (nSPS) is 18.6. The lowest BCUT2D eigenvalue weighted by Crippen LogP contribution is -2.41. The predicted molar refractivity (Wildman–Crippen MR) is 94.0 cm³/mol. The lowest BCUT2D eigenvalue weighted by Gasteiger charge is -2.26. The Morgan fingerprint density at radius 3 is 2.72 bits per heavy atom. The molecule has 4 rings (SSSR count). The molecule has 2 aromatic rings. The number of morpholine rings is 1. The zero-order valence-electron chi connectivity index (χ0n) is 13.5. The van der Waals surface area contributed by atoms with Crippen LogP contribution in [0.4, 0.5) is 0 Å². The van der Waals surface area contributed by atoms with E-state index in [9.17, 15) is 13.2 Å². The van der Waals surface area contributed by atoms with Gasteiger partial charge in [-0.1, -0.05) is 12.1 Å². The van der Waals surface area contributed by atoms with Gasteiger partial charge >= 0.3 is 0 Å². The highest BCUT2D eigenvalue weighted by molar-refractivity contribution is 9.10. The van der Waals surface area contributed by atoms with E-state index in [1.54, 1.807) is 34.8 Å². The van der Waals surface area contributed by atoms with Crippen molar-refractivity contribution < 1.29 is 17.9 Å². The molecule has 7 nitrogen and oxygen atoms in total. The Labute approximate surface area is 153 Å². The van der Waals surface area contributed by atoms with Gasteiger partial charge in [-0.05, 0) is 22.0 Å². The standard InChI is InChI=1S/C16H16BrN3O4S/c1-19-14-10-3-2-4-12(17)15(10)25(22,23)9-11(14)13(18-19)16(21)20-5-7-24-8-6-20/h2-4H,5-9H2,1H3. The second kappa shape index (κ2) is 5.93. The first-order valence-electron chi connectivity index (χ1n) is 7.84. The highest BCUT2D eigenvalue weighted by Gasteiger charge is 2.37. The van der Waals surface area contributed by atoms with E-state index in [4.69, 9.17) is 4.74 Å². The summed E-state index contributed by atoms with van der Waals surface area (Å²) in [6.45, 7) is 1.93. The van der Waals surface area contributed by atoms with Crippen molar-refractivity contribution in [3.8, 4) is 11.3 Å². The van der Waals surface area contributed by atoms with Crippen molar-refractivity contribution in [1.82, 2.24) is 14.7 Å². The van der Waals surface area contributed by atoms with Gasteiger partial charge in [0.25, 0.3) is 5.91 Å². The predicted octanol–water partition coefficient (Wildman–Crippen LogP) is 1.61. The number of nitrogens with zero attached hydrogens (tertiary/aromatic N) is 3. The van der Waals surface area contributed by atoms with Crippen molar-refractivity contribution in [3.63, 3.8) is 0 Å². The summed E-state index contributed by atoms with van der Waals surface area (Å²) in [7, 11) is -1.82. The number of aromatic nitrogens is 2. The van der Waals surface area contributed by atoms with Crippen molar-refractivity contribution in [2.75, 3.05) is 26.3 Å². The van der Waals surface area contributed by atoms with Gasteiger partial charge in [-0.25, -0.2) is 8.42 Å². The van der Waals surface area contributed by atoms with Crippen LogP contribution in [0.5, 0.6) is 0 Å². The molecule has 2 aliphatic heterocycles. The smallest absolute Gasteiger partial charge is 0.274 e. The lowest BCUT2D eigenvalue weighted by molar-refractivity contribution is 0.0298. The van der Waals surface area contributed by atoms with E-state index in [2.05, 4.69) is 21.0 Å². The summed E-state index contributed by atoms with van der Waals surface area (Å²) in [6, 6.07) is 5.24. The number of sulfone groups is 1. The Balaban J connectivity index is 1.89. The summed E-state index contributed by atoms with van der Waals surface area (Å²) in [5.74, 6) is -0.467. The topological polar surface area (TPSA) is 81.5 Å². The summed E-state index contributed by atoms with van der Waals surface area (Å²) in [5.41, 5.74) is 1.95.